The molecule has 0 bridgehead atoms. The molecule has 1 aromatic carbocycles. The molecule has 0 saturated heterocycles. The Morgan fingerprint density at radius 3 is 2.72 bits per heavy atom. The lowest BCUT2D eigenvalue weighted by molar-refractivity contribution is -0.130. The standard InChI is InChI=1S/C24H26F4N6O4S/c1-13-8-18(25)17(9-15(13)16-10-20(16)33-39(37,38)7-6-24(26,27)28)23(36)31-21-5-3-4-19(30-21)22-32-29-12-34(22)14(2)11-35/h3-5,8-9,12,14,16,20,33,35H,6-7,10-11H2,1-2H3,(H,30,31,36)/t14-,16?,20?/m1/s1. The number of nitrogens with zero attached hydrogens (tertiary/aromatic N) is 4. The number of carbonyl (C=O) groups excluding carboxylic acids is 1. The third-order valence-corrected chi connectivity index (χ3v) is 7.71. The highest BCUT2D eigenvalue weighted by atomic mass is 32.2. The first-order valence-electron chi connectivity index (χ1n) is 11.9. The predicted octanol–water partition coefficient (Wildman–Crippen LogP) is 3.32. The van der Waals surface area contributed by atoms with Gasteiger partial charge in [0.2, 0.25) is 10.0 Å². The van der Waals surface area contributed by atoms with Crippen LogP contribution in [0.15, 0.2) is 36.7 Å². The molecule has 1 amide bonds. The number of sulfonamides is 1. The zero-order valence-electron chi connectivity index (χ0n) is 20.9. The number of benzene rings is 1. The zero-order chi connectivity index (χ0) is 28.5. The summed E-state index contributed by atoms with van der Waals surface area (Å²) in [5.41, 5.74) is 1.04. The molecule has 0 radical (unpaired) electrons. The van der Waals surface area contributed by atoms with Crippen LogP contribution in [0.25, 0.3) is 11.5 Å². The van der Waals surface area contributed by atoms with Crippen LogP contribution in [0.4, 0.5) is 23.4 Å². The van der Waals surface area contributed by atoms with E-state index in [0.29, 0.717) is 29.1 Å². The summed E-state index contributed by atoms with van der Waals surface area (Å²) in [4.78, 5) is 17.3. The van der Waals surface area contributed by atoms with Gasteiger partial charge in [0.05, 0.1) is 30.4 Å². The van der Waals surface area contributed by atoms with Crippen LogP contribution in [0.2, 0.25) is 0 Å². The van der Waals surface area contributed by atoms with Gasteiger partial charge >= 0.3 is 6.18 Å². The van der Waals surface area contributed by atoms with E-state index in [2.05, 4.69) is 25.2 Å². The van der Waals surface area contributed by atoms with E-state index in [-0.39, 0.29) is 24.0 Å². The minimum atomic E-state index is -4.60. The number of aliphatic hydroxyl groups is 1. The number of hydrogen-bond donors (Lipinski definition) is 3. The molecule has 2 unspecified atom stereocenters. The van der Waals surface area contributed by atoms with Crippen LogP contribution in [-0.4, -0.2) is 63.8 Å². The van der Waals surface area contributed by atoms with Crippen molar-refractivity contribution in [3.05, 3.63) is 59.2 Å². The minimum Gasteiger partial charge on any atom is -0.394 e. The van der Waals surface area contributed by atoms with E-state index in [0.717, 1.165) is 6.07 Å². The molecule has 39 heavy (non-hydrogen) atoms. The van der Waals surface area contributed by atoms with E-state index >= 15 is 0 Å². The molecule has 4 rings (SSSR count). The highest BCUT2D eigenvalue weighted by Gasteiger charge is 2.43. The van der Waals surface area contributed by atoms with Gasteiger partial charge in [-0.05, 0) is 55.7 Å². The van der Waals surface area contributed by atoms with Crippen molar-refractivity contribution in [3.8, 4) is 11.5 Å². The number of pyridine rings is 1. The monoisotopic (exact) mass is 570 g/mol. The number of hydrogen-bond acceptors (Lipinski definition) is 7. The molecule has 3 atom stereocenters. The van der Waals surface area contributed by atoms with Crippen molar-refractivity contribution in [2.45, 2.75) is 50.9 Å². The number of alkyl halides is 3. The average Bonchev–Trinajstić information content (AvgIpc) is 3.41. The smallest absolute Gasteiger partial charge is 0.390 e. The maximum absolute atomic E-state index is 14.8. The first-order chi connectivity index (χ1) is 18.3. The van der Waals surface area contributed by atoms with Gasteiger partial charge < -0.3 is 15.0 Å². The van der Waals surface area contributed by atoms with Gasteiger partial charge in [-0.2, -0.15) is 13.2 Å². The molecule has 210 valence electrons. The van der Waals surface area contributed by atoms with Gasteiger partial charge in [0.1, 0.15) is 23.7 Å². The number of nitrogens with one attached hydrogen (secondary N) is 2. The molecule has 0 spiro atoms. The molecule has 2 heterocycles. The van der Waals surface area contributed by atoms with Crippen molar-refractivity contribution in [2.24, 2.45) is 0 Å². The summed E-state index contributed by atoms with van der Waals surface area (Å²) in [6.45, 7) is 3.20. The van der Waals surface area contributed by atoms with E-state index in [1.807, 2.05) is 0 Å². The van der Waals surface area contributed by atoms with Gasteiger partial charge in [-0.25, -0.2) is 22.5 Å². The SMILES string of the molecule is Cc1cc(F)c(C(=O)Nc2cccc(-c3nncn3[C@H](C)CO)n2)cc1C1CC1NS(=O)(=O)CCC(F)(F)F. The van der Waals surface area contributed by atoms with Gasteiger partial charge in [-0.1, -0.05) is 6.07 Å². The van der Waals surface area contributed by atoms with Crippen molar-refractivity contribution in [3.63, 3.8) is 0 Å². The molecule has 1 aliphatic carbocycles. The van der Waals surface area contributed by atoms with Crippen LogP contribution in [-0.2, 0) is 10.0 Å². The van der Waals surface area contributed by atoms with E-state index in [1.165, 1.54) is 18.5 Å². The van der Waals surface area contributed by atoms with E-state index < -0.39 is 52.1 Å². The van der Waals surface area contributed by atoms with Gasteiger partial charge in [0.15, 0.2) is 5.82 Å². The van der Waals surface area contributed by atoms with E-state index in [9.17, 15) is 35.9 Å². The number of amides is 1. The second-order valence-corrected chi connectivity index (χ2v) is 11.3. The van der Waals surface area contributed by atoms with Crippen molar-refractivity contribution in [1.82, 2.24) is 24.5 Å². The van der Waals surface area contributed by atoms with Crippen LogP contribution in [0.5, 0.6) is 0 Å². The van der Waals surface area contributed by atoms with Gasteiger partial charge in [-0.3, -0.25) is 4.79 Å². The molecule has 1 saturated carbocycles. The van der Waals surface area contributed by atoms with Crippen LogP contribution >= 0.6 is 0 Å². The van der Waals surface area contributed by atoms with Crippen molar-refractivity contribution >= 4 is 21.7 Å². The number of rotatable bonds is 10. The van der Waals surface area contributed by atoms with Gasteiger partial charge in [0, 0.05) is 12.0 Å². The molecular formula is C24H26F4N6O4S. The largest absolute Gasteiger partial charge is 0.394 e. The minimum absolute atomic E-state index is 0.104. The lowest BCUT2D eigenvalue weighted by atomic mass is 10.00. The fourth-order valence-electron chi connectivity index (χ4n) is 4.12. The molecule has 1 fully saturated rings. The summed E-state index contributed by atoms with van der Waals surface area (Å²) in [7, 11) is -4.17. The fraction of sp³-hybridized carbons (Fsp3) is 0.417. The number of halogens is 4. The Morgan fingerprint density at radius 2 is 2.03 bits per heavy atom. The first-order valence-corrected chi connectivity index (χ1v) is 13.6. The maximum Gasteiger partial charge on any atom is 0.390 e. The summed E-state index contributed by atoms with van der Waals surface area (Å²) in [5.74, 6) is -2.65. The topological polar surface area (TPSA) is 139 Å². The predicted molar refractivity (Wildman–Crippen MR) is 133 cm³/mol. The molecule has 1 aliphatic rings. The third kappa shape index (κ3) is 6.96. The Labute approximate surface area is 221 Å². The van der Waals surface area contributed by atoms with Gasteiger partial charge in [0.25, 0.3) is 5.91 Å². The highest BCUT2D eigenvalue weighted by Crippen LogP contribution is 2.43. The summed E-state index contributed by atoms with van der Waals surface area (Å²) in [6, 6.07) is 6.23. The van der Waals surface area contributed by atoms with Crippen LogP contribution in [0.3, 0.4) is 0 Å². The summed E-state index contributed by atoms with van der Waals surface area (Å²) in [6.07, 6.45) is -4.32. The van der Waals surface area contributed by atoms with Crippen LogP contribution < -0.4 is 10.0 Å². The highest BCUT2D eigenvalue weighted by molar-refractivity contribution is 7.89. The Hall–Kier alpha value is -3.43. The van der Waals surface area contributed by atoms with Crippen LogP contribution in [0.1, 0.15) is 53.2 Å². The lowest BCUT2D eigenvalue weighted by Gasteiger charge is -2.13. The summed E-state index contributed by atoms with van der Waals surface area (Å²) < 4.78 is 80.0. The van der Waals surface area contributed by atoms with E-state index in [4.69, 9.17) is 0 Å². The first kappa shape index (κ1) is 28.6. The molecule has 0 aliphatic heterocycles. The maximum atomic E-state index is 14.8. The molecule has 3 aromatic rings. The normalized spacial score (nSPS) is 18.1. The second-order valence-electron chi connectivity index (χ2n) is 9.39. The fourth-order valence-corrected chi connectivity index (χ4v) is 5.46. The Morgan fingerprint density at radius 1 is 1.28 bits per heavy atom. The quantitative estimate of drug-likeness (QED) is 0.318. The number of aliphatic hydroxyl groups excluding tert-OH is 1. The molecule has 15 heteroatoms. The average molecular weight is 571 g/mol. The third-order valence-electron chi connectivity index (χ3n) is 6.31. The Balaban J connectivity index is 1.49. The molecule has 3 N–H and O–H groups in total. The number of aromatic nitrogens is 4. The lowest BCUT2D eigenvalue weighted by Crippen LogP contribution is -2.31. The van der Waals surface area contributed by atoms with E-state index in [1.54, 1.807) is 30.5 Å². The molecule has 10 nitrogen and oxygen atoms in total. The number of carbonyl (C=O) groups is 1. The summed E-state index contributed by atoms with van der Waals surface area (Å²) >= 11 is 0. The number of aryl methyl sites for hydroxylation is 1. The van der Waals surface area contributed by atoms with Gasteiger partial charge in [-0.15, -0.1) is 10.2 Å². The Kier molecular flexibility index (Phi) is 8.04. The number of anilines is 1. The molecule has 2 aromatic heterocycles. The Bertz CT molecular complexity index is 1480. The van der Waals surface area contributed by atoms with Crippen LogP contribution in [0, 0.1) is 12.7 Å². The second kappa shape index (κ2) is 11.0. The molecular weight excluding hydrogens is 544 g/mol. The van der Waals surface area contributed by atoms with Crippen molar-refractivity contribution in [2.75, 3.05) is 17.7 Å². The zero-order valence-corrected chi connectivity index (χ0v) is 21.7. The van der Waals surface area contributed by atoms with Crippen molar-refractivity contribution < 1.29 is 35.9 Å². The summed E-state index contributed by atoms with van der Waals surface area (Å²) in [5, 5.41) is 19.8. The van der Waals surface area contributed by atoms with Crippen molar-refractivity contribution in [1.29, 1.82) is 0 Å².